The number of amidine groups is 1. The van der Waals surface area contributed by atoms with Crippen LogP contribution in [0, 0.1) is 0 Å². The molecule has 0 spiro atoms. The molecule has 0 atom stereocenters. The smallest absolute Gasteiger partial charge is 0.155 e. The highest BCUT2D eigenvalue weighted by Gasteiger charge is 2.20. The van der Waals surface area contributed by atoms with E-state index < -0.39 is 0 Å². The molecule has 162 valence electrons. The quantitative estimate of drug-likeness (QED) is 0.529. The van der Waals surface area contributed by atoms with Crippen LogP contribution in [0.15, 0.2) is 77.7 Å². The molecule has 5 nitrogen and oxygen atoms in total. The Bertz CT molecular complexity index is 1020. The largest absolute Gasteiger partial charge is 0.496 e. The van der Waals surface area contributed by atoms with Crippen LogP contribution in [0.2, 0.25) is 0 Å². The van der Waals surface area contributed by atoms with Crippen molar-refractivity contribution in [3.63, 3.8) is 0 Å². The third-order valence-corrected chi connectivity index (χ3v) is 5.09. The lowest BCUT2D eigenvalue weighted by Gasteiger charge is -2.27. The minimum atomic E-state index is 0.736. The van der Waals surface area contributed by atoms with Gasteiger partial charge in [0.1, 0.15) is 5.75 Å². The Kier molecular flexibility index (Phi) is 7.55. The zero-order valence-electron chi connectivity index (χ0n) is 18.9. The molecule has 3 rings (SSSR count). The predicted molar refractivity (Wildman–Crippen MR) is 132 cm³/mol. The van der Waals surface area contributed by atoms with Gasteiger partial charge in [-0.25, -0.2) is 4.99 Å². The van der Waals surface area contributed by atoms with Crippen LogP contribution in [0.25, 0.3) is 5.70 Å². The molecule has 0 bridgehead atoms. The minimum Gasteiger partial charge on any atom is -0.496 e. The van der Waals surface area contributed by atoms with Crippen molar-refractivity contribution < 1.29 is 4.74 Å². The van der Waals surface area contributed by atoms with Crippen molar-refractivity contribution in [2.75, 3.05) is 18.2 Å². The van der Waals surface area contributed by atoms with Gasteiger partial charge in [0.25, 0.3) is 0 Å². The number of ether oxygens (including phenoxy) is 1. The van der Waals surface area contributed by atoms with E-state index in [0.717, 1.165) is 59.2 Å². The van der Waals surface area contributed by atoms with E-state index in [1.54, 1.807) is 7.11 Å². The van der Waals surface area contributed by atoms with Crippen LogP contribution in [0.5, 0.6) is 5.75 Å². The summed E-state index contributed by atoms with van der Waals surface area (Å²) >= 11 is 0. The maximum atomic E-state index is 5.88. The molecule has 2 aromatic rings. The average Bonchev–Trinajstić information content (AvgIpc) is 2.79. The van der Waals surface area contributed by atoms with Crippen LogP contribution in [-0.4, -0.2) is 17.8 Å². The number of hydrogen-bond donors (Lipinski definition) is 2. The number of anilines is 2. The molecule has 0 aliphatic carbocycles. The monoisotopic (exact) mass is 416 g/mol. The molecular weight excluding hydrogens is 384 g/mol. The molecule has 0 saturated heterocycles. The highest BCUT2D eigenvalue weighted by molar-refractivity contribution is 6.11. The summed E-state index contributed by atoms with van der Waals surface area (Å²) in [7, 11) is 1.71. The van der Waals surface area contributed by atoms with E-state index in [9.17, 15) is 0 Å². The van der Waals surface area contributed by atoms with E-state index in [2.05, 4.69) is 54.7 Å². The van der Waals surface area contributed by atoms with Crippen molar-refractivity contribution >= 4 is 22.9 Å². The Morgan fingerprint density at radius 3 is 2.55 bits per heavy atom. The van der Waals surface area contributed by atoms with Gasteiger partial charge in [-0.15, -0.1) is 0 Å². The highest BCUT2D eigenvalue weighted by Crippen LogP contribution is 2.29. The molecule has 0 radical (unpaired) electrons. The Hall–Kier alpha value is -3.47. The topological polar surface area (TPSA) is 62.9 Å². The predicted octanol–water partition coefficient (Wildman–Crippen LogP) is 6.18. The zero-order chi connectivity index (χ0) is 22.2. The van der Waals surface area contributed by atoms with Gasteiger partial charge in [0.05, 0.1) is 18.5 Å². The first-order chi connectivity index (χ1) is 15.1. The first-order valence-electron chi connectivity index (χ1n) is 10.8. The van der Waals surface area contributed by atoms with Crippen molar-refractivity contribution in [1.82, 2.24) is 4.90 Å². The summed E-state index contributed by atoms with van der Waals surface area (Å²) in [4.78, 5) is 7.10. The molecule has 2 aromatic carbocycles. The van der Waals surface area contributed by atoms with E-state index in [0.29, 0.717) is 0 Å². The van der Waals surface area contributed by atoms with Crippen molar-refractivity contribution in [1.29, 1.82) is 0 Å². The van der Waals surface area contributed by atoms with Gasteiger partial charge in [-0.1, -0.05) is 50.6 Å². The van der Waals surface area contributed by atoms with Gasteiger partial charge in [0, 0.05) is 35.4 Å². The van der Waals surface area contributed by atoms with Crippen LogP contribution in [-0.2, 0) is 6.42 Å². The Labute approximate surface area is 185 Å². The second-order valence-corrected chi connectivity index (χ2v) is 7.37. The number of nitrogens with zero attached hydrogens (tertiary/aromatic N) is 2. The number of aryl methyl sites for hydroxylation is 1. The molecule has 0 unspecified atom stereocenters. The van der Waals surface area contributed by atoms with Crippen LogP contribution in [0.3, 0.4) is 0 Å². The van der Waals surface area contributed by atoms with Gasteiger partial charge in [0.2, 0.25) is 0 Å². The molecule has 1 aliphatic heterocycles. The van der Waals surface area contributed by atoms with Gasteiger partial charge in [-0.3, -0.25) is 0 Å². The Morgan fingerprint density at radius 2 is 1.90 bits per heavy atom. The lowest BCUT2D eigenvalue weighted by molar-refractivity contribution is 0.410. The number of hydrogen-bond acceptors (Lipinski definition) is 5. The molecule has 1 heterocycles. The van der Waals surface area contributed by atoms with Crippen LogP contribution in [0.4, 0.5) is 11.4 Å². The van der Waals surface area contributed by atoms with Crippen molar-refractivity contribution in [2.45, 2.75) is 40.0 Å². The van der Waals surface area contributed by atoms with Gasteiger partial charge in [-0.2, -0.15) is 0 Å². The van der Waals surface area contributed by atoms with Gasteiger partial charge in [0.15, 0.2) is 5.84 Å². The van der Waals surface area contributed by atoms with Crippen molar-refractivity contribution in [2.24, 2.45) is 4.99 Å². The Morgan fingerprint density at radius 1 is 1.13 bits per heavy atom. The third kappa shape index (κ3) is 5.37. The minimum absolute atomic E-state index is 0.736. The SMILES string of the molecule is C/C=C\N1C=C(c2ccc(N)cc2)N=C(Nc2ccc(CC)c(OC)c2)/C1=C\CCC. The molecule has 3 N–H and O–H groups in total. The molecule has 5 heteroatoms. The molecule has 31 heavy (non-hydrogen) atoms. The zero-order valence-corrected chi connectivity index (χ0v) is 18.9. The number of benzene rings is 2. The fraction of sp³-hybridized carbons (Fsp3) is 0.269. The number of nitrogens with two attached hydrogens (primary N) is 1. The fourth-order valence-electron chi connectivity index (χ4n) is 3.43. The lowest BCUT2D eigenvalue weighted by atomic mass is 10.1. The second-order valence-electron chi connectivity index (χ2n) is 7.37. The number of methoxy groups -OCH3 is 1. The first kappa shape index (κ1) is 22.2. The number of aliphatic imine (C=N–C) groups is 1. The van der Waals surface area contributed by atoms with Crippen LogP contribution in [0.1, 0.15) is 44.7 Å². The maximum Gasteiger partial charge on any atom is 0.155 e. The van der Waals surface area contributed by atoms with Crippen LogP contribution >= 0.6 is 0 Å². The summed E-state index contributed by atoms with van der Waals surface area (Å²) in [5.41, 5.74) is 11.6. The average molecular weight is 417 g/mol. The summed E-state index contributed by atoms with van der Waals surface area (Å²) in [6.45, 7) is 6.32. The lowest BCUT2D eigenvalue weighted by Crippen LogP contribution is -2.27. The summed E-state index contributed by atoms with van der Waals surface area (Å²) < 4.78 is 5.58. The van der Waals surface area contributed by atoms with Crippen LogP contribution < -0.4 is 15.8 Å². The van der Waals surface area contributed by atoms with E-state index in [-0.39, 0.29) is 0 Å². The normalized spacial score (nSPS) is 15.2. The summed E-state index contributed by atoms with van der Waals surface area (Å²) in [6, 6.07) is 14.0. The molecule has 0 fully saturated rings. The first-order valence-corrected chi connectivity index (χ1v) is 10.8. The van der Waals surface area contributed by atoms with E-state index in [4.69, 9.17) is 15.5 Å². The molecule has 0 aromatic heterocycles. The number of nitrogens with one attached hydrogen (secondary N) is 1. The van der Waals surface area contributed by atoms with Crippen molar-refractivity contribution in [3.05, 3.63) is 83.8 Å². The summed E-state index contributed by atoms with van der Waals surface area (Å²) in [5, 5.41) is 3.53. The van der Waals surface area contributed by atoms with E-state index in [1.807, 2.05) is 43.3 Å². The standard InChI is InChI=1S/C26H32N4O/c1-5-8-9-24-26(28-22-15-12-19(7-3)25(17-22)31-4)29-23(18-30(24)16-6-2)20-10-13-21(27)14-11-20/h6,9-18H,5,7-8,27H2,1-4H3,(H,28,29)/b16-6-,24-9+. The summed E-state index contributed by atoms with van der Waals surface area (Å²) in [6.07, 6.45) is 11.3. The Balaban J connectivity index is 2.05. The third-order valence-electron chi connectivity index (χ3n) is 5.09. The summed E-state index contributed by atoms with van der Waals surface area (Å²) in [5.74, 6) is 1.68. The fourth-order valence-corrected chi connectivity index (χ4v) is 3.43. The van der Waals surface area contributed by atoms with Crippen molar-refractivity contribution in [3.8, 4) is 5.75 Å². The van der Waals surface area contributed by atoms with E-state index >= 15 is 0 Å². The number of allylic oxidation sites excluding steroid dienone is 2. The molecule has 0 amide bonds. The van der Waals surface area contributed by atoms with Gasteiger partial charge >= 0.3 is 0 Å². The number of nitrogen functional groups attached to an aromatic ring is 1. The molecule has 0 saturated carbocycles. The van der Waals surface area contributed by atoms with Gasteiger partial charge < -0.3 is 20.7 Å². The highest BCUT2D eigenvalue weighted by atomic mass is 16.5. The van der Waals surface area contributed by atoms with Gasteiger partial charge in [-0.05, 0) is 43.5 Å². The second kappa shape index (κ2) is 10.5. The maximum absolute atomic E-state index is 5.88. The van der Waals surface area contributed by atoms with E-state index in [1.165, 1.54) is 5.56 Å². The molecular formula is C26H32N4O. The number of unbranched alkanes of at least 4 members (excludes halogenated alkanes) is 1. The molecule has 1 aliphatic rings. The number of rotatable bonds is 7.